The fraction of sp³-hybridized carbons (Fsp3) is 0.333. The van der Waals surface area contributed by atoms with Gasteiger partial charge >= 0.3 is 0 Å². The number of aryl methyl sites for hydroxylation is 2. The van der Waals surface area contributed by atoms with E-state index in [2.05, 4.69) is 54.3 Å². The van der Waals surface area contributed by atoms with Gasteiger partial charge in [-0.05, 0) is 42.7 Å². The zero-order valence-electron chi connectivity index (χ0n) is 13.2. The van der Waals surface area contributed by atoms with Gasteiger partial charge in [-0.15, -0.1) is 23.1 Å². The van der Waals surface area contributed by atoms with Crippen LogP contribution in [0.3, 0.4) is 0 Å². The first-order chi connectivity index (χ1) is 10.7. The van der Waals surface area contributed by atoms with Crippen LogP contribution < -0.4 is 0 Å². The van der Waals surface area contributed by atoms with E-state index < -0.39 is 0 Å². The SMILES string of the molecule is CCCCSc1ncnc2scc(-c3ccc(C)c(C)c3)c12. The number of benzene rings is 1. The molecule has 0 saturated carbocycles. The molecule has 0 atom stereocenters. The molecule has 0 spiro atoms. The molecular weight excluding hydrogens is 308 g/mol. The van der Waals surface area contributed by atoms with Gasteiger partial charge in [-0.2, -0.15) is 0 Å². The molecule has 0 bridgehead atoms. The Hall–Kier alpha value is -1.39. The average Bonchev–Trinajstić information content (AvgIpc) is 2.95. The molecule has 0 amide bonds. The Bertz CT molecular complexity index is 793. The van der Waals surface area contributed by atoms with Gasteiger partial charge in [0.25, 0.3) is 0 Å². The van der Waals surface area contributed by atoms with Crippen LogP contribution in [-0.2, 0) is 0 Å². The predicted molar refractivity (Wildman–Crippen MR) is 98.0 cm³/mol. The summed E-state index contributed by atoms with van der Waals surface area (Å²) in [7, 11) is 0. The smallest absolute Gasteiger partial charge is 0.128 e. The Balaban J connectivity index is 2.07. The Kier molecular flexibility index (Phi) is 4.79. The minimum Gasteiger partial charge on any atom is -0.229 e. The van der Waals surface area contributed by atoms with E-state index in [0.717, 1.165) is 15.6 Å². The number of nitrogens with zero attached hydrogens (tertiary/aromatic N) is 2. The molecule has 0 unspecified atom stereocenters. The Morgan fingerprint density at radius 1 is 1.14 bits per heavy atom. The third-order valence-corrected chi connectivity index (χ3v) is 5.85. The van der Waals surface area contributed by atoms with Crippen LogP contribution in [0.5, 0.6) is 0 Å². The number of unbranched alkanes of at least 4 members (excludes halogenated alkanes) is 1. The quantitative estimate of drug-likeness (QED) is 0.333. The molecule has 3 rings (SSSR count). The molecular formula is C18H20N2S2. The number of thioether (sulfide) groups is 1. The summed E-state index contributed by atoms with van der Waals surface area (Å²) in [6, 6.07) is 6.67. The highest BCUT2D eigenvalue weighted by atomic mass is 32.2. The molecule has 4 heteroatoms. The lowest BCUT2D eigenvalue weighted by molar-refractivity contribution is 0.895. The topological polar surface area (TPSA) is 25.8 Å². The molecule has 0 radical (unpaired) electrons. The van der Waals surface area contributed by atoms with Crippen molar-refractivity contribution in [1.29, 1.82) is 0 Å². The van der Waals surface area contributed by atoms with E-state index in [-0.39, 0.29) is 0 Å². The lowest BCUT2D eigenvalue weighted by Gasteiger charge is -2.07. The molecule has 1 aromatic carbocycles. The van der Waals surface area contributed by atoms with E-state index in [1.807, 2.05) is 11.8 Å². The number of rotatable bonds is 5. The van der Waals surface area contributed by atoms with E-state index in [4.69, 9.17) is 0 Å². The number of hydrogen-bond acceptors (Lipinski definition) is 4. The minimum absolute atomic E-state index is 1.09. The van der Waals surface area contributed by atoms with Gasteiger partial charge in [0.05, 0.1) is 5.39 Å². The third kappa shape index (κ3) is 3.03. The van der Waals surface area contributed by atoms with E-state index >= 15 is 0 Å². The van der Waals surface area contributed by atoms with Crippen LogP contribution in [0, 0.1) is 13.8 Å². The van der Waals surface area contributed by atoms with Gasteiger partial charge in [-0.25, -0.2) is 9.97 Å². The Morgan fingerprint density at radius 2 is 2.00 bits per heavy atom. The van der Waals surface area contributed by atoms with Crippen molar-refractivity contribution >= 4 is 33.3 Å². The van der Waals surface area contributed by atoms with Crippen molar-refractivity contribution < 1.29 is 0 Å². The molecule has 114 valence electrons. The van der Waals surface area contributed by atoms with Crippen molar-refractivity contribution in [3.63, 3.8) is 0 Å². The maximum absolute atomic E-state index is 4.54. The second-order valence-electron chi connectivity index (χ2n) is 5.51. The predicted octanol–water partition coefficient (Wildman–Crippen LogP) is 5.87. The van der Waals surface area contributed by atoms with Gasteiger partial charge in [0.15, 0.2) is 0 Å². The lowest BCUT2D eigenvalue weighted by atomic mass is 10.0. The van der Waals surface area contributed by atoms with E-state index in [9.17, 15) is 0 Å². The molecule has 2 aromatic heterocycles. The number of aromatic nitrogens is 2. The summed E-state index contributed by atoms with van der Waals surface area (Å²) in [5, 5.41) is 4.55. The van der Waals surface area contributed by atoms with Crippen molar-refractivity contribution in [2.24, 2.45) is 0 Å². The van der Waals surface area contributed by atoms with Crippen molar-refractivity contribution in [3.8, 4) is 11.1 Å². The van der Waals surface area contributed by atoms with Crippen LogP contribution in [0.4, 0.5) is 0 Å². The maximum Gasteiger partial charge on any atom is 0.128 e. The summed E-state index contributed by atoms with van der Waals surface area (Å²) < 4.78 is 0. The summed E-state index contributed by atoms with van der Waals surface area (Å²) in [5.41, 5.74) is 5.19. The summed E-state index contributed by atoms with van der Waals surface area (Å²) in [6.07, 6.45) is 4.13. The second kappa shape index (κ2) is 6.80. The van der Waals surface area contributed by atoms with E-state index in [0.29, 0.717) is 0 Å². The first-order valence-electron chi connectivity index (χ1n) is 7.63. The zero-order valence-corrected chi connectivity index (χ0v) is 14.9. The highest BCUT2D eigenvalue weighted by Gasteiger charge is 2.13. The van der Waals surface area contributed by atoms with Crippen molar-refractivity contribution in [1.82, 2.24) is 9.97 Å². The average molecular weight is 329 g/mol. The third-order valence-electron chi connectivity index (χ3n) is 3.89. The van der Waals surface area contributed by atoms with E-state index in [1.165, 1.54) is 40.5 Å². The van der Waals surface area contributed by atoms with Crippen molar-refractivity contribution in [3.05, 3.63) is 41.0 Å². The Labute approximate surface area is 140 Å². The van der Waals surface area contributed by atoms with Crippen molar-refractivity contribution in [2.45, 2.75) is 38.6 Å². The Morgan fingerprint density at radius 3 is 2.77 bits per heavy atom. The molecule has 0 N–H and O–H groups in total. The molecule has 0 saturated heterocycles. The zero-order chi connectivity index (χ0) is 15.5. The van der Waals surface area contributed by atoms with Gasteiger partial charge < -0.3 is 0 Å². The molecule has 2 nitrogen and oxygen atoms in total. The lowest BCUT2D eigenvalue weighted by Crippen LogP contribution is -1.88. The monoisotopic (exact) mass is 328 g/mol. The van der Waals surface area contributed by atoms with E-state index in [1.54, 1.807) is 17.7 Å². The van der Waals surface area contributed by atoms with Crippen LogP contribution in [0.25, 0.3) is 21.3 Å². The summed E-state index contributed by atoms with van der Waals surface area (Å²) in [6.45, 7) is 6.54. The molecule has 0 aliphatic heterocycles. The van der Waals surface area contributed by atoms with Gasteiger partial charge in [0, 0.05) is 10.9 Å². The van der Waals surface area contributed by atoms with Crippen molar-refractivity contribution in [2.75, 3.05) is 5.75 Å². The summed E-state index contributed by atoms with van der Waals surface area (Å²) >= 11 is 3.56. The first-order valence-corrected chi connectivity index (χ1v) is 9.50. The summed E-state index contributed by atoms with van der Waals surface area (Å²) in [4.78, 5) is 10.1. The highest BCUT2D eigenvalue weighted by molar-refractivity contribution is 7.99. The van der Waals surface area contributed by atoms with Gasteiger partial charge in [0.1, 0.15) is 16.2 Å². The first kappa shape index (κ1) is 15.5. The van der Waals surface area contributed by atoms with Gasteiger partial charge in [-0.1, -0.05) is 31.5 Å². The van der Waals surface area contributed by atoms with Gasteiger partial charge in [0.2, 0.25) is 0 Å². The number of thiophene rings is 1. The van der Waals surface area contributed by atoms with Crippen LogP contribution in [0.1, 0.15) is 30.9 Å². The maximum atomic E-state index is 4.54. The molecule has 3 aromatic rings. The molecule has 22 heavy (non-hydrogen) atoms. The normalized spacial score (nSPS) is 11.2. The molecule has 0 aliphatic rings. The molecule has 0 fully saturated rings. The fourth-order valence-electron chi connectivity index (χ4n) is 2.39. The highest BCUT2D eigenvalue weighted by Crippen LogP contribution is 2.38. The fourth-order valence-corrected chi connectivity index (χ4v) is 4.47. The molecule has 2 heterocycles. The largest absolute Gasteiger partial charge is 0.229 e. The second-order valence-corrected chi connectivity index (χ2v) is 7.45. The van der Waals surface area contributed by atoms with Crippen LogP contribution in [-0.4, -0.2) is 15.7 Å². The van der Waals surface area contributed by atoms with Crippen LogP contribution >= 0.6 is 23.1 Å². The van der Waals surface area contributed by atoms with Crippen LogP contribution in [0.2, 0.25) is 0 Å². The molecule has 0 aliphatic carbocycles. The van der Waals surface area contributed by atoms with Crippen LogP contribution in [0.15, 0.2) is 34.9 Å². The standard InChI is InChI=1S/C18H20N2S2/c1-4-5-8-21-17-16-15(10-22-18(16)20-11-19-17)14-7-6-12(2)13(3)9-14/h6-7,9-11H,4-5,8H2,1-3H3. The summed E-state index contributed by atoms with van der Waals surface area (Å²) in [5.74, 6) is 1.12. The minimum atomic E-state index is 1.09. The number of fused-ring (bicyclic) bond motifs is 1. The number of hydrogen-bond donors (Lipinski definition) is 0. The van der Waals surface area contributed by atoms with Gasteiger partial charge in [-0.3, -0.25) is 0 Å².